The monoisotopic (exact) mass is 392 g/mol. The van der Waals surface area contributed by atoms with Crippen LogP contribution in [0.5, 0.6) is 0 Å². The summed E-state index contributed by atoms with van der Waals surface area (Å²) in [7, 11) is 0. The summed E-state index contributed by atoms with van der Waals surface area (Å²) in [4.78, 5) is 16.8. The normalized spacial score (nSPS) is 16.2. The zero-order chi connectivity index (χ0) is 19.8. The van der Waals surface area contributed by atoms with Crippen LogP contribution in [0.15, 0.2) is 23.6 Å². The number of thiazole rings is 1. The molecule has 28 heavy (non-hydrogen) atoms. The quantitative estimate of drug-likeness (QED) is 0.731. The van der Waals surface area contributed by atoms with Gasteiger partial charge in [-0.3, -0.25) is 4.79 Å². The van der Waals surface area contributed by atoms with Gasteiger partial charge in [-0.1, -0.05) is 13.8 Å². The molecule has 0 fully saturated rings. The van der Waals surface area contributed by atoms with Crippen LogP contribution in [0.2, 0.25) is 0 Å². The van der Waals surface area contributed by atoms with Gasteiger partial charge in [0.1, 0.15) is 0 Å². The lowest BCUT2D eigenvalue weighted by Crippen LogP contribution is -2.41. The van der Waals surface area contributed by atoms with E-state index in [-0.39, 0.29) is 17.9 Å². The molecule has 0 radical (unpaired) electrons. The molecule has 2 aromatic heterocycles. The smallest absolute Gasteiger partial charge is 0.222 e. The van der Waals surface area contributed by atoms with Crippen molar-refractivity contribution in [2.24, 2.45) is 5.92 Å². The number of nitrogens with zero attached hydrogens (tertiary/aromatic N) is 3. The van der Waals surface area contributed by atoms with Gasteiger partial charge in [-0.25, -0.2) is 4.98 Å². The Bertz CT molecular complexity index is 1090. The summed E-state index contributed by atoms with van der Waals surface area (Å²) < 4.78 is 2.35. The zero-order valence-electron chi connectivity index (χ0n) is 16.5. The topological polar surface area (TPSA) is 70.7 Å². The van der Waals surface area contributed by atoms with Gasteiger partial charge in [0.05, 0.1) is 28.9 Å². The molecule has 2 heterocycles. The van der Waals surface area contributed by atoms with Crippen LogP contribution >= 0.6 is 11.3 Å². The number of carbonyl (C=O) groups excluding carboxylic acids is 1. The summed E-state index contributed by atoms with van der Waals surface area (Å²) in [6, 6.07) is 8.33. The summed E-state index contributed by atoms with van der Waals surface area (Å²) in [6.45, 7) is 6.61. The van der Waals surface area contributed by atoms with E-state index in [1.54, 1.807) is 11.3 Å². The van der Waals surface area contributed by atoms with Gasteiger partial charge in [-0.15, -0.1) is 11.3 Å². The number of hydrogen-bond donors (Lipinski definition) is 1. The predicted molar refractivity (Wildman–Crippen MR) is 111 cm³/mol. The molecule has 144 valence electrons. The Balaban J connectivity index is 1.75. The molecule has 5 nitrogen and oxygen atoms in total. The van der Waals surface area contributed by atoms with Gasteiger partial charge in [0.15, 0.2) is 0 Å². The molecule has 1 amide bonds. The molecule has 0 aliphatic heterocycles. The van der Waals surface area contributed by atoms with E-state index in [1.807, 2.05) is 39.0 Å². The van der Waals surface area contributed by atoms with Gasteiger partial charge in [0, 0.05) is 33.9 Å². The van der Waals surface area contributed by atoms with Gasteiger partial charge in [0.25, 0.3) is 0 Å². The SMILES string of the molecule is Cc1nc(Cn2c3c(c4cc(C#N)ccc42)C[C@@H](NC(=O)C(C)C)CC3)cs1. The van der Waals surface area contributed by atoms with Crippen molar-refractivity contribution in [3.05, 3.63) is 51.1 Å². The van der Waals surface area contributed by atoms with E-state index in [0.717, 1.165) is 47.4 Å². The Hall–Kier alpha value is -2.65. The minimum Gasteiger partial charge on any atom is -0.353 e. The second-order valence-corrected chi connectivity index (χ2v) is 8.88. The molecule has 1 N–H and O–H groups in total. The van der Waals surface area contributed by atoms with Crippen molar-refractivity contribution in [2.75, 3.05) is 0 Å². The highest BCUT2D eigenvalue weighted by Gasteiger charge is 2.27. The van der Waals surface area contributed by atoms with Crippen LogP contribution in [-0.4, -0.2) is 21.5 Å². The molecule has 0 bridgehead atoms. The van der Waals surface area contributed by atoms with E-state index in [1.165, 1.54) is 11.3 Å². The average molecular weight is 393 g/mol. The Morgan fingerprint density at radius 2 is 2.29 bits per heavy atom. The summed E-state index contributed by atoms with van der Waals surface area (Å²) in [5.41, 5.74) is 5.46. The minimum absolute atomic E-state index is 0.0131. The lowest BCUT2D eigenvalue weighted by Gasteiger charge is -2.25. The van der Waals surface area contributed by atoms with Crippen LogP contribution in [-0.2, 0) is 24.2 Å². The number of aromatic nitrogens is 2. The first-order valence-corrected chi connectivity index (χ1v) is 10.6. The van der Waals surface area contributed by atoms with Crippen molar-refractivity contribution in [2.45, 2.75) is 52.6 Å². The molecule has 1 aliphatic carbocycles. The van der Waals surface area contributed by atoms with Crippen molar-refractivity contribution < 1.29 is 4.79 Å². The average Bonchev–Trinajstić information content (AvgIpc) is 3.23. The number of nitrogens with one attached hydrogen (secondary N) is 1. The number of nitriles is 1. The summed E-state index contributed by atoms with van der Waals surface area (Å²) in [6.07, 6.45) is 2.66. The van der Waals surface area contributed by atoms with E-state index in [4.69, 9.17) is 0 Å². The Labute approximate surface area is 169 Å². The molecule has 1 aliphatic rings. The highest BCUT2D eigenvalue weighted by atomic mass is 32.1. The van der Waals surface area contributed by atoms with Gasteiger partial charge in [-0.2, -0.15) is 5.26 Å². The summed E-state index contributed by atoms with van der Waals surface area (Å²) >= 11 is 1.67. The first-order valence-electron chi connectivity index (χ1n) is 9.71. The molecule has 6 heteroatoms. The molecule has 3 aromatic rings. The second kappa shape index (κ2) is 7.40. The highest BCUT2D eigenvalue weighted by molar-refractivity contribution is 7.09. The molecule has 0 unspecified atom stereocenters. The first-order chi connectivity index (χ1) is 13.5. The number of benzene rings is 1. The largest absolute Gasteiger partial charge is 0.353 e. The Kier molecular flexibility index (Phi) is 4.94. The number of carbonyl (C=O) groups is 1. The van der Waals surface area contributed by atoms with Crippen molar-refractivity contribution in [3.8, 4) is 6.07 Å². The van der Waals surface area contributed by atoms with Crippen LogP contribution in [0, 0.1) is 24.2 Å². The maximum absolute atomic E-state index is 12.2. The van der Waals surface area contributed by atoms with Crippen LogP contribution in [0.4, 0.5) is 0 Å². The molecule has 4 rings (SSSR count). The third-order valence-electron chi connectivity index (χ3n) is 5.45. The molecular weight excluding hydrogens is 368 g/mol. The van der Waals surface area contributed by atoms with E-state index in [2.05, 4.69) is 26.3 Å². The summed E-state index contributed by atoms with van der Waals surface area (Å²) in [5.74, 6) is 0.0914. The fourth-order valence-electron chi connectivity index (χ4n) is 4.03. The maximum atomic E-state index is 12.2. The van der Waals surface area contributed by atoms with Crippen molar-refractivity contribution in [1.82, 2.24) is 14.9 Å². The fraction of sp³-hybridized carbons (Fsp3) is 0.409. The molecule has 1 aromatic carbocycles. The number of aryl methyl sites for hydroxylation is 1. The van der Waals surface area contributed by atoms with Gasteiger partial charge in [-0.05, 0) is 49.9 Å². The van der Waals surface area contributed by atoms with Crippen molar-refractivity contribution in [3.63, 3.8) is 0 Å². The van der Waals surface area contributed by atoms with E-state index >= 15 is 0 Å². The van der Waals surface area contributed by atoms with Crippen LogP contribution < -0.4 is 5.32 Å². The lowest BCUT2D eigenvalue weighted by molar-refractivity contribution is -0.124. The number of amides is 1. The first kappa shape index (κ1) is 18.7. The molecule has 0 saturated heterocycles. The Morgan fingerprint density at radius 1 is 1.46 bits per heavy atom. The van der Waals surface area contributed by atoms with Crippen LogP contribution in [0.25, 0.3) is 10.9 Å². The van der Waals surface area contributed by atoms with Crippen molar-refractivity contribution in [1.29, 1.82) is 5.26 Å². The number of hydrogen-bond acceptors (Lipinski definition) is 4. The van der Waals surface area contributed by atoms with E-state index in [0.29, 0.717) is 5.56 Å². The van der Waals surface area contributed by atoms with Crippen molar-refractivity contribution >= 4 is 28.1 Å². The fourth-order valence-corrected chi connectivity index (χ4v) is 4.64. The minimum atomic E-state index is -0.0131. The Morgan fingerprint density at radius 3 is 2.96 bits per heavy atom. The predicted octanol–water partition coefficient (Wildman–Crippen LogP) is 3.96. The number of fused-ring (bicyclic) bond motifs is 3. The van der Waals surface area contributed by atoms with E-state index < -0.39 is 0 Å². The lowest BCUT2D eigenvalue weighted by atomic mass is 9.90. The molecule has 0 saturated carbocycles. The molecule has 0 spiro atoms. The molecule has 1 atom stereocenters. The van der Waals surface area contributed by atoms with Gasteiger partial charge < -0.3 is 9.88 Å². The van der Waals surface area contributed by atoms with Crippen LogP contribution in [0.1, 0.15) is 47.8 Å². The molecular formula is C22H24N4OS. The highest BCUT2D eigenvalue weighted by Crippen LogP contribution is 2.33. The summed E-state index contributed by atoms with van der Waals surface area (Å²) in [5, 5.41) is 16.9. The number of rotatable bonds is 4. The van der Waals surface area contributed by atoms with Gasteiger partial charge in [0.2, 0.25) is 5.91 Å². The zero-order valence-corrected chi connectivity index (χ0v) is 17.3. The van der Waals surface area contributed by atoms with E-state index in [9.17, 15) is 10.1 Å². The van der Waals surface area contributed by atoms with Crippen LogP contribution in [0.3, 0.4) is 0 Å². The van der Waals surface area contributed by atoms with Gasteiger partial charge >= 0.3 is 0 Å². The second-order valence-electron chi connectivity index (χ2n) is 7.82. The third-order valence-corrected chi connectivity index (χ3v) is 6.28. The maximum Gasteiger partial charge on any atom is 0.222 e. The third kappa shape index (κ3) is 3.43. The standard InChI is InChI=1S/C22H24N4OS/c1-13(2)22(27)25-16-5-7-21-19(9-16)18-8-15(10-23)4-6-20(18)26(21)11-17-12-28-14(3)24-17/h4,6,8,12-13,16H,5,7,9,11H2,1-3H3,(H,25,27)/t16-/m0/s1.